The molecule has 0 aromatic carbocycles. The predicted octanol–water partition coefficient (Wildman–Crippen LogP) is 0.970. The Hall–Kier alpha value is -1.56. The molecule has 2 aliphatic carbocycles. The molecule has 104 valence electrons. The minimum absolute atomic E-state index is 0.270. The number of carbonyl (C=O) groups is 1. The van der Waals surface area contributed by atoms with E-state index in [0.29, 0.717) is 24.7 Å². The van der Waals surface area contributed by atoms with Gasteiger partial charge in [0.05, 0.1) is 18.5 Å². The van der Waals surface area contributed by atoms with Crippen LogP contribution >= 0.6 is 0 Å². The Balaban J connectivity index is 1.76. The van der Waals surface area contributed by atoms with E-state index in [1.165, 1.54) is 4.85 Å². The highest BCUT2D eigenvalue weighted by molar-refractivity contribution is 5.78. The van der Waals surface area contributed by atoms with Crippen LogP contribution in [0.25, 0.3) is 0 Å². The maximum absolute atomic E-state index is 11.6. The van der Waals surface area contributed by atoms with E-state index < -0.39 is 11.6 Å². The Labute approximate surface area is 111 Å². The molecule has 19 heavy (non-hydrogen) atoms. The number of carboxylic acid groups (broad SMARTS) is 1. The van der Waals surface area contributed by atoms with Crippen LogP contribution in [0.4, 0.5) is 0 Å². The van der Waals surface area contributed by atoms with Gasteiger partial charge in [-0.3, -0.25) is 0 Å². The van der Waals surface area contributed by atoms with Crippen LogP contribution in [-0.2, 0) is 9.53 Å². The van der Waals surface area contributed by atoms with Gasteiger partial charge in [0.1, 0.15) is 0 Å². The number of rotatable bonds is 4. The largest absolute Gasteiger partial charge is 0.478 e. The third-order valence-corrected chi connectivity index (χ3v) is 4.45. The Morgan fingerprint density at radius 2 is 2.11 bits per heavy atom. The molecular formula is C13H18N2O4. The van der Waals surface area contributed by atoms with E-state index in [1.54, 1.807) is 25.6 Å². The molecule has 1 aromatic rings. The van der Waals surface area contributed by atoms with Crippen molar-refractivity contribution in [1.29, 1.82) is 0 Å². The molecule has 0 spiro atoms. The molecule has 0 aliphatic heterocycles. The van der Waals surface area contributed by atoms with Gasteiger partial charge >= 0.3 is 5.97 Å². The molecular weight excluding hydrogens is 248 g/mol. The first-order valence-electron chi connectivity index (χ1n) is 6.58. The standard InChI is InChI=1S/C13H18N2O4/c1-18-11-5-9-7-13(12(16)17,8-10(9)6-11)19-15-4-2-3-14-15/h2-4,9-11H,5-8H2,1H3,(H,16,17)/t9-,10+,11?,13?. The molecule has 2 saturated carbocycles. The smallest absolute Gasteiger partial charge is 0.350 e. The van der Waals surface area contributed by atoms with Gasteiger partial charge in [-0.2, -0.15) is 0 Å². The van der Waals surface area contributed by atoms with E-state index in [1.807, 2.05) is 0 Å². The average Bonchev–Trinajstić information content (AvgIpc) is 3.03. The molecule has 2 fully saturated rings. The van der Waals surface area contributed by atoms with Crippen LogP contribution in [0, 0.1) is 11.8 Å². The highest BCUT2D eigenvalue weighted by Crippen LogP contribution is 2.50. The summed E-state index contributed by atoms with van der Waals surface area (Å²) in [5.41, 5.74) is -1.14. The highest BCUT2D eigenvalue weighted by atomic mass is 16.7. The number of fused-ring (bicyclic) bond motifs is 1. The van der Waals surface area contributed by atoms with Crippen molar-refractivity contribution in [2.75, 3.05) is 7.11 Å². The molecule has 0 saturated heterocycles. The maximum atomic E-state index is 11.6. The first-order chi connectivity index (χ1) is 9.13. The van der Waals surface area contributed by atoms with Gasteiger partial charge in [0.25, 0.3) is 0 Å². The predicted molar refractivity (Wildman–Crippen MR) is 65.4 cm³/mol. The zero-order valence-corrected chi connectivity index (χ0v) is 10.9. The lowest BCUT2D eigenvalue weighted by Crippen LogP contribution is -2.47. The van der Waals surface area contributed by atoms with Gasteiger partial charge in [0, 0.05) is 20.0 Å². The molecule has 6 heteroatoms. The lowest BCUT2D eigenvalue weighted by atomic mass is 9.98. The van der Waals surface area contributed by atoms with Crippen LogP contribution in [0.15, 0.2) is 18.5 Å². The zero-order chi connectivity index (χ0) is 13.5. The molecule has 1 N–H and O–H groups in total. The summed E-state index contributed by atoms with van der Waals surface area (Å²) in [6, 6.07) is 1.71. The van der Waals surface area contributed by atoms with Crippen LogP contribution in [0.3, 0.4) is 0 Å². The van der Waals surface area contributed by atoms with E-state index in [2.05, 4.69) is 5.10 Å². The van der Waals surface area contributed by atoms with E-state index in [0.717, 1.165) is 12.8 Å². The summed E-state index contributed by atoms with van der Waals surface area (Å²) in [7, 11) is 1.72. The normalized spacial score (nSPS) is 37.2. The number of hydrogen-bond acceptors (Lipinski definition) is 4. The zero-order valence-electron chi connectivity index (χ0n) is 10.9. The van der Waals surface area contributed by atoms with E-state index in [9.17, 15) is 9.90 Å². The summed E-state index contributed by atoms with van der Waals surface area (Å²) >= 11 is 0. The van der Waals surface area contributed by atoms with Crippen LogP contribution in [0.5, 0.6) is 0 Å². The third-order valence-electron chi connectivity index (χ3n) is 4.45. The van der Waals surface area contributed by atoms with Gasteiger partial charge in [0.15, 0.2) is 0 Å². The maximum Gasteiger partial charge on any atom is 0.350 e. The second-order valence-electron chi connectivity index (χ2n) is 5.56. The lowest BCUT2D eigenvalue weighted by Gasteiger charge is -2.26. The fourth-order valence-corrected chi connectivity index (χ4v) is 3.56. The van der Waals surface area contributed by atoms with Crippen LogP contribution in [-0.4, -0.2) is 39.8 Å². The Kier molecular flexibility index (Phi) is 2.97. The number of methoxy groups -OCH3 is 1. The van der Waals surface area contributed by atoms with E-state index >= 15 is 0 Å². The molecule has 0 bridgehead atoms. The van der Waals surface area contributed by atoms with Crippen molar-refractivity contribution in [2.24, 2.45) is 11.8 Å². The summed E-state index contributed by atoms with van der Waals surface area (Å²) in [5, 5.41) is 13.5. The molecule has 2 aliphatic rings. The average molecular weight is 266 g/mol. The van der Waals surface area contributed by atoms with Crippen molar-refractivity contribution in [3.8, 4) is 0 Å². The summed E-state index contributed by atoms with van der Waals surface area (Å²) in [6.45, 7) is 0. The monoisotopic (exact) mass is 266 g/mol. The summed E-state index contributed by atoms with van der Waals surface area (Å²) in [5.74, 6) is -0.153. The van der Waals surface area contributed by atoms with Gasteiger partial charge in [-0.25, -0.2) is 4.79 Å². The van der Waals surface area contributed by atoms with Crippen molar-refractivity contribution in [2.45, 2.75) is 37.4 Å². The summed E-state index contributed by atoms with van der Waals surface area (Å²) in [4.78, 5) is 18.5. The van der Waals surface area contributed by atoms with E-state index in [4.69, 9.17) is 9.57 Å². The van der Waals surface area contributed by atoms with Crippen LogP contribution in [0.2, 0.25) is 0 Å². The molecule has 1 heterocycles. The SMILES string of the molecule is COC1C[C@@H]2CC(On3cccn3)(C(=O)O)C[C@@H]2C1. The Morgan fingerprint density at radius 1 is 1.42 bits per heavy atom. The number of hydrogen-bond donors (Lipinski definition) is 1. The van der Waals surface area contributed by atoms with Gasteiger partial charge < -0.3 is 14.7 Å². The first-order valence-corrected chi connectivity index (χ1v) is 6.58. The first kappa shape index (κ1) is 12.5. The highest BCUT2D eigenvalue weighted by Gasteiger charge is 2.56. The number of aromatic nitrogens is 2. The van der Waals surface area contributed by atoms with Gasteiger partial charge in [-0.05, 0) is 30.7 Å². The molecule has 4 atom stereocenters. The summed E-state index contributed by atoms with van der Waals surface area (Å²) < 4.78 is 5.38. The van der Waals surface area contributed by atoms with Crippen molar-refractivity contribution in [3.63, 3.8) is 0 Å². The number of carboxylic acids is 1. The number of aliphatic carboxylic acids is 1. The summed E-state index contributed by atoms with van der Waals surface area (Å²) in [6.07, 6.45) is 6.39. The minimum atomic E-state index is -1.14. The molecule has 6 nitrogen and oxygen atoms in total. The van der Waals surface area contributed by atoms with Gasteiger partial charge in [0.2, 0.25) is 5.60 Å². The van der Waals surface area contributed by atoms with Gasteiger partial charge in [-0.15, -0.1) is 9.94 Å². The van der Waals surface area contributed by atoms with Crippen molar-refractivity contribution < 1.29 is 19.5 Å². The minimum Gasteiger partial charge on any atom is -0.478 e. The lowest BCUT2D eigenvalue weighted by molar-refractivity contribution is -0.169. The molecule has 0 radical (unpaired) electrons. The number of nitrogens with zero attached hydrogens (tertiary/aromatic N) is 2. The van der Waals surface area contributed by atoms with Crippen molar-refractivity contribution >= 4 is 5.97 Å². The van der Waals surface area contributed by atoms with Crippen LogP contribution < -0.4 is 4.84 Å². The Morgan fingerprint density at radius 3 is 2.58 bits per heavy atom. The fraction of sp³-hybridized carbons (Fsp3) is 0.692. The number of ether oxygens (including phenoxy) is 1. The van der Waals surface area contributed by atoms with Crippen molar-refractivity contribution in [1.82, 2.24) is 9.94 Å². The Bertz CT molecular complexity index is 445. The second kappa shape index (κ2) is 4.52. The topological polar surface area (TPSA) is 73.6 Å². The fourth-order valence-electron chi connectivity index (χ4n) is 3.56. The van der Waals surface area contributed by atoms with Crippen LogP contribution in [0.1, 0.15) is 25.7 Å². The van der Waals surface area contributed by atoms with Gasteiger partial charge in [-0.1, -0.05) is 0 Å². The third kappa shape index (κ3) is 2.10. The molecule has 3 rings (SSSR count). The van der Waals surface area contributed by atoms with E-state index in [-0.39, 0.29) is 6.10 Å². The molecule has 2 unspecified atom stereocenters. The molecule has 0 amide bonds. The molecule has 1 aromatic heterocycles. The second-order valence-corrected chi connectivity index (χ2v) is 5.56. The quantitative estimate of drug-likeness (QED) is 0.879. The van der Waals surface area contributed by atoms with Crippen molar-refractivity contribution in [3.05, 3.63) is 18.5 Å².